The lowest BCUT2D eigenvalue weighted by Gasteiger charge is -2.15. The fourth-order valence-corrected chi connectivity index (χ4v) is 2.29. The van der Waals surface area contributed by atoms with Crippen molar-refractivity contribution in [1.82, 2.24) is 5.32 Å². The number of benzene rings is 2. The van der Waals surface area contributed by atoms with Crippen molar-refractivity contribution in [2.75, 3.05) is 13.7 Å². The normalized spacial score (nSPS) is 11.2. The number of carbonyl (C=O) groups is 1. The summed E-state index contributed by atoms with van der Waals surface area (Å²) in [6, 6.07) is 12.2. The van der Waals surface area contributed by atoms with Gasteiger partial charge in [0, 0.05) is 11.6 Å². The zero-order chi connectivity index (χ0) is 18.9. The Morgan fingerprint density at radius 1 is 1.23 bits per heavy atom. The van der Waals surface area contributed by atoms with E-state index >= 15 is 0 Å². The average Bonchev–Trinajstić information content (AvgIpc) is 2.66. The lowest BCUT2D eigenvalue weighted by atomic mass is 10.2. The summed E-state index contributed by atoms with van der Waals surface area (Å²) in [5.74, 6) is 3.86. The molecule has 5 nitrogen and oxygen atoms in total. The van der Waals surface area contributed by atoms with Crippen LogP contribution >= 0.6 is 11.6 Å². The second-order valence-corrected chi connectivity index (χ2v) is 5.85. The summed E-state index contributed by atoms with van der Waals surface area (Å²) in [5, 5.41) is 3.43. The molecule has 0 bridgehead atoms. The summed E-state index contributed by atoms with van der Waals surface area (Å²) in [6.45, 7) is 2.14. The van der Waals surface area contributed by atoms with Crippen molar-refractivity contribution >= 4 is 17.5 Å². The van der Waals surface area contributed by atoms with Gasteiger partial charge in [0.15, 0.2) is 17.6 Å². The minimum absolute atomic E-state index is 0.137. The van der Waals surface area contributed by atoms with Crippen LogP contribution in [0.25, 0.3) is 0 Å². The molecule has 0 radical (unpaired) electrons. The standard InChI is InChI=1S/C20H20ClNO4/c1-4-11-25-19-12-15(5-10-18(19)24-3)13-22-20(23)14(2)26-17-8-6-16(21)7-9-17/h1,5-10,12,14H,11,13H2,2-3H3,(H,22,23). The van der Waals surface area contributed by atoms with Gasteiger partial charge in [0.25, 0.3) is 5.91 Å². The van der Waals surface area contributed by atoms with Crippen molar-refractivity contribution in [2.24, 2.45) is 0 Å². The molecule has 0 aliphatic heterocycles. The van der Waals surface area contributed by atoms with Crippen LogP contribution in [0, 0.1) is 12.3 Å². The minimum atomic E-state index is -0.647. The van der Waals surface area contributed by atoms with Gasteiger partial charge in [0.05, 0.1) is 7.11 Å². The molecule has 2 aromatic carbocycles. The third-order valence-electron chi connectivity index (χ3n) is 3.50. The van der Waals surface area contributed by atoms with Crippen LogP contribution in [0.3, 0.4) is 0 Å². The zero-order valence-corrected chi connectivity index (χ0v) is 15.4. The van der Waals surface area contributed by atoms with Crippen LogP contribution in [0.2, 0.25) is 5.02 Å². The summed E-state index contributed by atoms with van der Waals surface area (Å²) >= 11 is 5.83. The Hall–Kier alpha value is -2.84. The van der Waals surface area contributed by atoms with Gasteiger partial charge in [-0.25, -0.2) is 0 Å². The smallest absolute Gasteiger partial charge is 0.261 e. The van der Waals surface area contributed by atoms with Crippen molar-refractivity contribution in [3.63, 3.8) is 0 Å². The van der Waals surface area contributed by atoms with Crippen molar-refractivity contribution in [2.45, 2.75) is 19.6 Å². The topological polar surface area (TPSA) is 56.8 Å². The minimum Gasteiger partial charge on any atom is -0.493 e. The molecule has 1 unspecified atom stereocenters. The second-order valence-electron chi connectivity index (χ2n) is 5.41. The highest BCUT2D eigenvalue weighted by molar-refractivity contribution is 6.30. The van der Waals surface area contributed by atoms with E-state index in [1.54, 1.807) is 50.4 Å². The van der Waals surface area contributed by atoms with E-state index in [0.29, 0.717) is 28.8 Å². The maximum Gasteiger partial charge on any atom is 0.261 e. The Kier molecular flexibility index (Phi) is 7.19. The van der Waals surface area contributed by atoms with Crippen molar-refractivity contribution < 1.29 is 19.0 Å². The van der Waals surface area contributed by atoms with E-state index in [4.69, 9.17) is 32.2 Å². The number of amides is 1. The molecule has 6 heteroatoms. The first-order chi connectivity index (χ1) is 12.5. The average molecular weight is 374 g/mol. The van der Waals surface area contributed by atoms with Gasteiger partial charge in [0.2, 0.25) is 0 Å². The molecule has 1 N–H and O–H groups in total. The van der Waals surface area contributed by atoms with Gasteiger partial charge in [-0.3, -0.25) is 4.79 Å². The second kappa shape index (κ2) is 9.59. The molecule has 2 rings (SSSR count). The predicted molar refractivity (Wildman–Crippen MR) is 101 cm³/mol. The Balaban J connectivity index is 1.93. The quantitative estimate of drug-likeness (QED) is 0.720. The van der Waals surface area contributed by atoms with E-state index < -0.39 is 6.10 Å². The van der Waals surface area contributed by atoms with Crippen molar-refractivity contribution in [3.05, 3.63) is 53.1 Å². The van der Waals surface area contributed by atoms with E-state index in [9.17, 15) is 4.79 Å². The largest absolute Gasteiger partial charge is 0.493 e. The van der Waals surface area contributed by atoms with E-state index in [2.05, 4.69) is 11.2 Å². The number of rotatable bonds is 8. The first kappa shape index (κ1) is 19.5. The van der Waals surface area contributed by atoms with Gasteiger partial charge in [-0.15, -0.1) is 6.42 Å². The van der Waals surface area contributed by atoms with Crippen LogP contribution in [-0.4, -0.2) is 25.7 Å². The summed E-state index contributed by atoms with van der Waals surface area (Å²) < 4.78 is 16.3. The Labute approximate surface area is 158 Å². The molecule has 0 saturated carbocycles. The molecule has 0 aliphatic carbocycles. The van der Waals surface area contributed by atoms with E-state index in [1.165, 1.54) is 0 Å². The molecule has 1 amide bonds. The van der Waals surface area contributed by atoms with Gasteiger partial charge in [-0.05, 0) is 48.9 Å². The fourth-order valence-electron chi connectivity index (χ4n) is 2.17. The summed E-state index contributed by atoms with van der Waals surface area (Å²) in [4.78, 5) is 12.2. The predicted octanol–water partition coefficient (Wildman–Crippen LogP) is 3.44. The Bertz CT molecular complexity index is 783. The summed E-state index contributed by atoms with van der Waals surface area (Å²) in [7, 11) is 1.55. The SMILES string of the molecule is C#CCOc1cc(CNC(=O)C(C)Oc2ccc(Cl)cc2)ccc1OC. The number of methoxy groups -OCH3 is 1. The molecule has 26 heavy (non-hydrogen) atoms. The number of nitrogens with one attached hydrogen (secondary N) is 1. The first-order valence-electron chi connectivity index (χ1n) is 7.96. The zero-order valence-electron chi connectivity index (χ0n) is 14.6. The van der Waals surface area contributed by atoms with E-state index in [1.807, 2.05) is 6.07 Å². The van der Waals surface area contributed by atoms with E-state index in [0.717, 1.165) is 5.56 Å². The molecule has 1 atom stereocenters. The highest BCUT2D eigenvalue weighted by Gasteiger charge is 2.15. The van der Waals surface area contributed by atoms with Crippen LogP contribution in [0.5, 0.6) is 17.2 Å². The van der Waals surface area contributed by atoms with Crippen LogP contribution in [0.4, 0.5) is 0 Å². The molecular weight excluding hydrogens is 354 g/mol. The number of hydrogen-bond donors (Lipinski definition) is 1. The van der Waals surface area contributed by atoms with Gasteiger partial charge >= 0.3 is 0 Å². The lowest BCUT2D eigenvalue weighted by molar-refractivity contribution is -0.127. The van der Waals surface area contributed by atoms with Gasteiger partial charge in [-0.1, -0.05) is 23.6 Å². The molecule has 0 heterocycles. The lowest BCUT2D eigenvalue weighted by Crippen LogP contribution is -2.35. The number of carbonyl (C=O) groups excluding carboxylic acids is 1. The highest BCUT2D eigenvalue weighted by atomic mass is 35.5. The maximum atomic E-state index is 12.2. The van der Waals surface area contributed by atoms with Gasteiger partial charge in [-0.2, -0.15) is 0 Å². The summed E-state index contributed by atoms with van der Waals surface area (Å²) in [6.07, 6.45) is 4.57. The molecule has 0 fully saturated rings. The molecule has 0 saturated heterocycles. The molecule has 0 spiro atoms. The summed E-state index contributed by atoms with van der Waals surface area (Å²) in [5.41, 5.74) is 0.852. The van der Waals surface area contributed by atoms with Gasteiger partial charge in [0.1, 0.15) is 12.4 Å². The van der Waals surface area contributed by atoms with Crippen LogP contribution < -0.4 is 19.5 Å². The molecule has 0 aromatic heterocycles. The maximum absolute atomic E-state index is 12.2. The van der Waals surface area contributed by atoms with Crippen LogP contribution in [0.15, 0.2) is 42.5 Å². The molecule has 136 valence electrons. The highest BCUT2D eigenvalue weighted by Crippen LogP contribution is 2.28. The number of terminal acetylenes is 1. The third-order valence-corrected chi connectivity index (χ3v) is 3.75. The van der Waals surface area contributed by atoms with Gasteiger partial charge < -0.3 is 19.5 Å². The molecule has 2 aromatic rings. The Morgan fingerprint density at radius 3 is 2.62 bits per heavy atom. The third kappa shape index (κ3) is 5.61. The van der Waals surface area contributed by atoms with E-state index in [-0.39, 0.29) is 12.5 Å². The van der Waals surface area contributed by atoms with Crippen molar-refractivity contribution in [1.29, 1.82) is 0 Å². The molecule has 0 aliphatic rings. The van der Waals surface area contributed by atoms with Crippen molar-refractivity contribution in [3.8, 4) is 29.6 Å². The number of hydrogen-bond acceptors (Lipinski definition) is 4. The number of halogens is 1. The monoisotopic (exact) mass is 373 g/mol. The fraction of sp³-hybridized carbons (Fsp3) is 0.250. The molecular formula is C20H20ClNO4. The number of ether oxygens (including phenoxy) is 3. The van der Waals surface area contributed by atoms with Crippen LogP contribution in [-0.2, 0) is 11.3 Å². The van der Waals surface area contributed by atoms with Crippen LogP contribution in [0.1, 0.15) is 12.5 Å². The first-order valence-corrected chi connectivity index (χ1v) is 8.34. The Morgan fingerprint density at radius 2 is 1.96 bits per heavy atom.